The average molecular weight is 290 g/mol. The molecule has 18 heavy (non-hydrogen) atoms. The molecular weight excluding hydrogens is 269 g/mol. The first-order valence-electron chi connectivity index (χ1n) is 6.49. The molecule has 0 saturated heterocycles. The van der Waals surface area contributed by atoms with E-state index >= 15 is 0 Å². The van der Waals surface area contributed by atoms with Gasteiger partial charge in [-0.25, -0.2) is 0 Å². The molecular formula is C14H21Cl2NO. The van der Waals surface area contributed by atoms with Gasteiger partial charge in [-0.3, -0.25) is 0 Å². The maximum absolute atomic E-state index is 6.11. The molecule has 0 aliphatic rings. The first kappa shape index (κ1) is 15.6. The molecule has 0 aliphatic carbocycles. The van der Waals surface area contributed by atoms with Gasteiger partial charge in [-0.2, -0.15) is 0 Å². The summed E-state index contributed by atoms with van der Waals surface area (Å²) in [6, 6.07) is 5.33. The Morgan fingerprint density at radius 1 is 1.22 bits per heavy atom. The van der Waals surface area contributed by atoms with Gasteiger partial charge in [-0.1, -0.05) is 43.5 Å². The fraction of sp³-hybridized carbons (Fsp3) is 0.571. The molecule has 1 rings (SSSR count). The van der Waals surface area contributed by atoms with E-state index in [9.17, 15) is 0 Å². The Labute approximate surface area is 120 Å². The smallest absolute Gasteiger partial charge is 0.138 e. The minimum Gasteiger partial charge on any atom is -0.488 e. The molecule has 0 radical (unpaired) electrons. The van der Waals surface area contributed by atoms with Crippen LogP contribution in [-0.4, -0.2) is 19.2 Å². The second kappa shape index (κ2) is 8.63. The molecule has 0 aromatic heterocycles. The maximum Gasteiger partial charge on any atom is 0.138 e. The summed E-state index contributed by atoms with van der Waals surface area (Å²) in [4.78, 5) is 0. The molecule has 0 amide bonds. The van der Waals surface area contributed by atoms with Crippen molar-refractivity contribution in [3.05, 3.63) is 28.2 Å². The monoisotopic (exact) mass is 289 g/mol. The summed E-state index contributed by atoms with van der Waals surface area (Å²) >= 11 is 12.0. The molecule has 1 unspecified atom stereocenters. The quantitative estimate of drug-likeness (QED) is 0.710. The molecule has 0 spiro atoms. The van der Waals surface area contributed by atoms with Gasteiger partial charge in [0.25, 0.3) is 0 Å². The molecule has 1 atom stereocenters. The van der Waals surface area contributed by atoms with Crippen molar-refractivity contribution in [3.63, 3.8) is 0 Å². The van der Waals surface area contributed by atoms with E-state index in [1.165, 1.54) is 0 Å². The fourth-order valence-corrected chi connectivity index (χ4v) is 2.17. The van der Waals surface area contributed by atoms with Gasteiger partial charge in [0.1, 0.15) is 11.9 Å². The third-order valence-electron chi connectivity index (χ3n) is 2.60. The molecule has 1 aromatic carbocycles. The standard InChI is InChI=1S/C14H21Cl2NO/c1-3-5-12(10-17-8-4-2)18-14-7-6-11(15)9-13(14)16/h6-7,9,12,17H,3-5,8,10H2,1-2H3. The molecule has 1 aromatic rings. The van der Waals surface area contributed by atoms with E-state index in [1.54, 1.807) is 12.1 Å². The van der Waals surface area contributed by atoms with Crippen molar-refractivity contribution in [2.75, 3.05) is 13.1 Å². The van der Waals surface area contributed by atoms with Gasteiger partial charge in [-0.15, -0.1) is 0 Å². The second-order valence-corrected chi connectivity index (χ2v) is 5.15. The second-order valence-electron chi connectivity index (χ2n) is 4.31. The first-order valence-corrected chi connectivity index (χ1v) is 7.25. The van der Waals surface area contributed by atoms with Gasteiger partial charge in [0.2, 0.25) is 0 Å². The molecule has 1 N–H and O–H groups in total. The van der Waals surface area contributed by atoms with Crippen molar-refractivity contribution < 1.29 is 4.74 Å². The van der Waals surface area contributed by atoms with Crippen LogP contribution in [0.2, 0.25) is 10.0 Å². The van der Waals surface area contributed by atoms with Gasteiger partial charge in [0.05, 0.1) is 5.02 Å². The van der Waals surface area contributed by atoms with E-state index in [1.807, 2.05) is 6.07 Å². The zero-order chi connectivity index (χ0) is 13.4. The minimum absolute atomic E-state index is 0.153. The number of nitrogens with one attached hydrogen (secondary N) is 1. The lowest BCUT2D eigenvalue weighted by atomic mass is 10.2. The Balaban J connectivity index is 2.58. The van der Waals surface area contributed by atoms with Crippen molar-refractivity contribution in [1.82, 2.24) is 5.32 Å². The summed E-state index contributed by atoms with van der Waals surface area (Å²) in [5.74, 6) is 0.706. The Morgan fingerprint density at radius 2 is 2.00 bits per heavy atom. The highest BCUT2D eigenvalue weighted by atomic mass is 35.5. The normalized spacial score (nSPS) is 12.4. The molecule has 0 bridgehead atoms. The molecule has 102 valence electrons. The maximum atomic E-state index is 6.11. The van der Waals surface area contributed by atoms with Crippen LogP contribution >= 0.6 is 23.2 Å². The van der Waals surface area contributed by atoms with Crippen LogP contribution in [0.1, 0.15) is 33.1 Å². The number of hydrogen-bond donors (Lipinski definition) is 1. The van der Waals surface area contributed by atoms with Crippen LogP contribution in [0.4, 0.5) is 0 Å². The van der Waals surface area contributed by atoms with Crippen molar-refractivity contribution >= 4 is 23.2 Å². The third-order valence-corrected chi connectivity index (χ3v) is 3.13. The van der Waals surface area contributed by atoms with Gasteiger partial charge in [-0.05, 0) is 37.6 Å². The SMILES string of the molecule is CCCNCC(CCC)Oc1ccc(Cl)cc1Cl. The number of benzene rings is 1. The summed E-state index contributed by atoms with van der Waals surface area (Å²) in [7, 11) is 0. The van der Waals surface area contributed by atoms with E-state index in [4.69, 9.17) is 27.9 Å². The fourth-order valence-electron chi connectivity index (χ4n) is 1.71. The predicted octanol–water partition coefficient (Wildman–Crippen LogP) is 4.54. The Kier molecular flexibility index (Phi) is 7.48. The molecule has 0 aliphatic heterocycles. The van der Waals surface area contributed by atoms with Crippen molar-refractivity contribution in [1.29, 1.82) is 0 Å². The van der Waals surface area contributed by atoms with E-state index in [0.29, 0.717) is 15.8 Å². The lowest BCUT2D eigenvalue weighted by Crippen LogP contribution is -2.31. The van der Waals surface area contributed by atoms with Crippen LogP contribution < -0.4 is 10.1 Å². The van der Waals surface area contributed by atoms with Gasteiger partial charge in [0.15, 0.2) is 0 Å². The van der Waals surface area contributed by atoms with Crippen LogP contribution in [0.15, 0.2) is 18.2 Å². The predicted molar refractivity (Wildman–Crippen MR) is 78.9 cm³/mol. The van der Waals surface area contributed by atoms with Gasteiger partial charge in [0, 0.05) is 11.6 Å². The van der Waals surface area contributed by atoms with E-state index in [-0.39, 0.29) is 6.10 Å². The van der Waals surface area contributed by atoms with Crippen LogP contribution in [0.5, 0.6) is 5.75 Å². The van der Waals surface area contributed by atoms with Crippen molar-refractivity contribution in [3.8, 4) is 5.75 Å². The number of ether oxygens (including phenoxy) is 1. The summed E-state index contributed by atoms with van der Waals surface area (Å²) in [6.45, 7) is 6.16. The van der Waals surface area contributed by atoms with Crippen LogP contribution in [0.25, 0.3) is 0 Å². The highest BCUT2D eigenvalue weighted by molar-refractivity contribution is 6.35. The van der Waals surface area contributed by atoms with E-state index in [2.05, 4.69) is 19.2 Å². The summed E-state index contributed by atoms with van der Waals surface area (Å²) in [6.07, 6.45) is 3.38. The van der Waals surface area contributed by atoms with Gasteiger partial charge < -0.3 is 10.1 Å². The summed E-state index contributed by atoms with van der Waals surface area (Å²) < 4.78 is 5.93. The Morgan fingerprint density at radius 3 is 2.61 bits per heavy atom. The van der Waals surface area contributed by atoms with Crippen LogP contribution in [-0.2, 0) is 0 Å². The first-order chi connectivity index (χ1) is 8.67. The molecule has 2 nitrogen and oxygen atoms in total. The highest BCUT2D eigenvalue weighted by Crippen LogP contribution is 2.28. The largest absolute Gasteiger partial charge is 0.488 e. The molecule has 4 heteroatoms. The van der Waals surface area contributed by atoms with Crippen molar-refractivity contribution in [2.45, 2.75) is 39.2 Å². The third kappa shape index (κ3) is 5.47. The van der Waals surface area contributed by atoms with Gasteiger partial charge >= 0.3 is 0 Å². The highest BCUT2D eigenvalue weighted by Gasteiger charge is 2.11. The Hall–Kier alpha value is -0.440. The van der Waals surface area contributed by atoms with Crippen LogP contribution in [0, 0.1) is 0 Å². The van der Waals surface area contributed by atoms with Crippen molar-refractivity contribution in [2.24, 2.45) is 0 Å². The van der Waals surface area contributed by atoms with Crippen LogP contribution in [0.3, 0.4) is 0 Å². The molecule has 0 saturated carbocycles. The number of rotatable bonds is 8. The average Bonchev–Trinajstić information content (AvgIpc) is 2.33. The number of hydrogen-bond acceptors (Lipinski definition) is 2. The number of halogens is 2. The lowest BCUT2D eigenvalue weighted by Gasteiger charge is -2.20. The summed E-state index contributed by atoms with van der Waals surface area (Å²) in [5.41, 5.74) is 0. The van der Waals surface area contributed by atoms with E-state index < -0.39 is 0 Å². The summed E-state index contributed by atoms with van der Waals surface area (Å²) in [5, 5.41) is 4.57. The topological polar surface area (TPSA) is 21.3 Å². The lowest BCUT2D eigenvalue weighted by molar-refractivity contribution is 0.187. The molecule has 0 heterocycles. The zero-order valence-corrected chi connectivity index (χ0v) is 12.5. The molecule has 0 fully saturated rings. The zero-order valence-electron chi connectivity index (χ0n) is 11.0. The Bertz CT molecular complexity index is 358. The van der Waals surface area contributed by atoms with E-state index in [0.717, 1.165) is 32.4 Å². The minimum atomic E-state index is 0.153.